The summed E-state index contributed by atoms with van der Waals surface area (Å²) in [5.74, 6) is 0.490. The number of carbonyl (C=O) groups is 2. The summed E-state index contributed by atoms with van der Waals surface area (Å²) in [5.41, 5.74) is 2.75. The summed E-state index contributed by atoms with van der Waals surface area (Å²) in [6.45, 7) is 7.95. The Hall–Kier alpha value is -1.84. The van der Waals surface area contributed by atoms with E-state index in [-0.39, 0.29) is 29.4 Å². The van der Waals surface area contributed by atoms with E-state index in [1.807, 2.05) is 19.9 Å². The minimum Gasteiger partial charge on any atom is -0.462 e. The lowest BCUT2D eigenvalue weighted by molar-refractivity contribution is -0.153. The maximum Gasteiger partial charge on any atom is 0.339 e. The van der Waals surface area contributed by atoms with Crippen molar-refractivity contribution in [1.82, 2.24) is 0 Å². The molecule has 0 bridgehead atoms. The molecule has 1 heterocycles. The summed E-state index contributed by atoms with van der Waals surface area (Å²) >= 11 is 0. The molecular formula is C18H22O4. The van der Waals surface area contributed by atoms with Gasteiger partial charge in [0.05, 0.1) is 0 Å². The van der Waals surface area contributed by atoms with Crippen molar-refractivity contribution in [1.29, 1.82) is 0 Å². The molecule has 0 amide bonds. The van der Waals surface area contributed by atoms with Crippen LogP contribution in [0.2, 0.25) is 0 Å². The molecule has 22 heavy (non-hydrogen) atoms. The first-order valence-corrected chi connectivity index (χ1v) is 7.91. The van der Waals surface area contributed by atoms with E-state index in [2.05, 4.69) is 19.9 Å². The Morgan fingerprint density at radius 2 is 2.23 bits per heavy atom. The summed E-state index contributed by atoms with van der Waals surface area (Å²) in [5, 5.41) is 0. The zero-order chi connectivity index (χ0) is 16.1. The Balaban J connectivity index is 1.95. The summed E-state index contributed by atoms with van der Waals surface area (Å²) in [7, 11) is 0. The van der Waals surface area contributed by atoms with Crippen LogP contribution >= 0.6 is 0 Å². The van der Waals surface area contributed by atoms with Crippen molar-refractivity contribution in [2.24, 2.45) is 11.3 Å². The van der Waals surface area contributed by atoms with Gasteiger partial charge in [0, 0.05) is 35.3 Å². The first-order chi connectivity index (χ1) is 10.4. The van der Waals surface area contributed by atoms with Gasteiger partial charge in [0.25, 0.3) is 0 Å². The van der Waals surface area contributed by atoms with Crippen molar-refractivity contribution in [2.45, 2.75) is 53.1 Å². The number of carbonyl (C=O) groups excluding carboxylic acids is 2. The summed E-state index contributed by atoms with van der Waals surface area (Å²) in [6, 6.07) is 0. The van der Waals surface area contributed by atoms with Crippen LogP contribution in [0.3, 0.4) is 0 Å². The number of esters is 2. The fraction of sp³-hybridized carbons (Fsp3) is 0.556. The lowest BCUT2D eigenvalue weighted by Gasteiger charge is -2.46. The predicted molar refractivity (Wildman–Crippen MR) is 81.6 cm³/mol. The smallest absolute Gasteiger partial charge is 0.339 e. The molecule has 0 spiro atoms. The van der Waals surface area contributed by atoms with Crippen molar-refractivity contribution >= 4 is 11.9 Å². The molecule has 2 aliphatic carbocycles. The third-order valence-electron chi connectivity index (χ3n) is 5.45. The molecule has 0 aromatic heterocycles. The molecule has 0 saturated heterocycles. The first-order valence-electron chi connectivity index (χ1n) is 7.91. The molecule has 0 saturated carbocycles. The third-order valence-corrected chi connectivity index (χ3v) is 5.45. The largest absolute Gasteiger partial charge is 0.462 e. The van der Waals surface area contributed by atoms with Gasteiger partial charge in [-0.2, -0.15) is 0 Å². The molecule has 4 nitrogen and oxygen atoms in total. The van der Waals surface area contributed by atoms with Crippen molar-refractivity contribution < 1.29 is 19.1 Å². The molecule has 4 heteroatoms. The van der Waals surface area contributed by atoms with E-state index in [0.29, 0.717) is 24.2 Å². The molecule has 3 atom stereocenters. The van der Waals surface area contributed by atoms with E-state index >= 15 is 0 Å². The Labute approximate surface area is 130 Å². The molecule has 0 aromatic rings. The van der Waals surface area contributed by atoms with Gasteiger partial charge in [-0.1, -0.05) is 26.8 Å². The molecule has 1 aliphatic heterocycles. The molecule has 0 aromatic carbocycles. The lowest BCUT2D eigenvalue weighted by atomic mass is 9.60. The van der Waals surface area contributed by atoms with Crippen LogP contribution in [0.25, 0.3) is 0 Å². The van der Waals surface area contributed by atoms with Crippen LogP contribution < -0.4 is 0 Å². The zero-order valence-electron chi connectivity index (χ0n) is 13.6. The van der Waals surface area contributed by atoms with Gasteiger partial charge in [-0.15, -0.1) is 0 Å². The van der Waals surface area contributed by atoms with Gasteiger partial charge in [0.15, 0.2) is 0 Å². The van der Waals surface area contributed by atoms with E-state index < -0.39 is 0 Å². The van der Waals surface area contributed by atoms with Gasteiger partial charge in [0.2, 0.25) is 0 Å². The lowest BCUT2D eigenvalue weighted by Crippen LogP contribution is -2.42. The second kappa shape index (κ2) is 5.11. The van der Waals surface area contributed by atoms with Gasteiger partial charge in [-0.25, -0.2) is 4.79 Å². The first kappa shape index (κ1) is 15.1. The summed E-state index contributed by atoms with van der Waals surface area (Å²) < 4.78 is 10.9. The van der Waals surface area contributed by atoms with Crippen LogP contribution in [0.4, 0.5) is 0 Å². The monoisotopic (exact) mass is 302 g/mol. The second-order valence-electron chi connectivity index (χ2n) is 6.66. The Bertz CT molecular complexity index is 637. The minimum absolute atomic E-state index is 0.102. The zero-order valence-corrected chi connectivity index (χ0v) is 13.6. The van der Waals surface area contributed by atoms with E-state index in [1.54, 1.807) is 0 Å². The fourth-order valence-corrected chi connectivity index (χ4v) is 3.63. The van der Waals surface area contributed by atoms with Crippen molar-refractivity contribution in [2.75, 3.05) is 0 Å². The molecule has 0 N–H and O–H groups in total. The highest BCUT2D eigenvalue weighted by atomic mass is 16.5. The molecule has 0 fully saturated rings. The number of ether oxygens (including phenoxy) is 2. The molecule has 0 unspecified atom stereocenters. The Morgan fingerprint density at radius 3 is 2.91 bits per heavy atom. The van der Waals surface area contributed by atoms with E-state index in [9.17, 15) is 9.59 Å². The highest BCUT2D eigenvalue weighted by Crippen LogP contribution is 2.53. The Morgan fingerprint density at radius 1 is 1.50 bits per heavy atom. The van der Waals surface area contributed by atoms with E-state index in [0.717, 1.165) is 12.0 Å². The van der Waals surface area contributed by atoms with Gasteiger partial charge in [-0.3, -0.25) is 4.79 Å². The number of hydrogen-bond acceptors (Lipinski definition) is 4. The molecule has 3 aliphatic rings. The van der Waals surface area contributed by atoms with Crippen molar-refractivity contribution in [3.8, 4) is 0 Å². The number of fused-ring (bicyclic) bond motifs is 2. The third kappa shape index (κ3) is 2.13. The van der Waals surface area contributed by atoms with Gasteiger partial charge in [-0.05, 0) is 25.0 Å². The van der Waals surface area contributed by atoms with Crippen LogP contribution in [-0.2, 0) is 19.1 Å². The van der Waals surface area contributed by atoms with Crippen LogP contribution in [0.5, 0.6) is 0 Å². The molecular weight excluding hydrogens is 280 g/mol. The maximum absolute atomic E-state index is 11.8. The van der Waals surface area contributed by atoms with Crippen molar-refractivity contribution in [3.05, 3.63) is 34.6 Å². The van der Waals surface area contributed by atoms with Gasteiger partial charge >= 0.3 is 11.9 Å². The predicted octanol–water partition coefficient (Wildman–Crippen LogP) is 3.44. The normalized spacial score (nSPS) is 33.5. The molecule has 118 valence electrons. The highest BCUT2D eigenvalue weighted by molar-refractivity contribution is 5.94. The topological polar surface area (TPSA) is 52.6 Å². The summed E-state index contributed by atoms with van der Waals surface area (Å²) in [4.78, 5) is 23.4. The van der Waals surface area contributed by atoms with Gasteiger partial charge < -0.3 is 9.47 Å². The standard InChI is InChI=1S/C18H22O4/c1-5-16(19)21-14-7-6-12-8-15-13(10(2)17(20)22-15)9-18(12,4)11(14)3/h6,8,11,14H,5,7,9H2,1-4H3/t11-,14-,18+/m0/s1. The average molecular weight is 302 g/mol. The maximum atomic E-state index is 11.8. The van der Waals surface area contributed by atoms with E-state index in [4.69, 9.17) is 9.47 Å². The minimum atomic E-state index is -0.245. The SMILES string of the molecule is CCC(=O)O[C@H]1CC=C2C=C3OC(=O)C(C)=C3C[C@]2(C)[C@H]1C. The van der Waals surface area contributed by atoms with Crippen molar-refractivity contribution in [3.63, 3.8) is 0 Å². The fourth-order valence-electron chi connectivity index (χ4n) is 3.63. The van der Waals surface area contributed by atoms with Crippen LogP contribution in [0.15, 0.2) is 34.6 Å². The number of rotatable bonds is 2. The summed E-state index contributed by atoms with van der Waals surface area (Å²) in [6.07, 6.45) is 5.88. The average Bonchev–Trinajstić information content (AvgIpc) is 2.76. The second-order valence-corrected chi connectivity index (χ2v) is 6.66. The van der Waals surface area contributed by atoms with Gasteiger partial charge in [0.1, 0.15) is 11.9 Å². The number of hydrogen-bond donors (Lipinski definition) is 0. The van der Waals surface area contributed by atoms with E-state index in [1.165, 1.54) is 5.57 Å². The van der Waals surface area contributed by atoms with Crippen LogP contribution in [0.1, 0.15) is 47.0 Å². The molecule has 3 rings (SSSR count). The van der Waals surface area contributed by atoms with Crippen LogP contribution in [0, 0.1) is 11.3 Å². The Kier molecular flexibility index (Phi) is 3.50. The molecule has 0 radical (unpaired) electrons. The van der Waals surface area contributed by atoms with Crippen LogP contribution in [-0.4, -0.2) is 18.0 Å². The number of allylic oxidation sites excluding steroid dienone is 3. The quantitative estimate of drug-likeness (QED) is 0.733. The highest BCUT2D eigenvalue weighted by Gasteiger charge is 2.47.